The van der Waals surface area contributed by atoms with Crippen LogP contribution in [0.4, 0.5) is 0 Å². The molecule has 0 radical (unpaired) electrons. The van der Waals surface area contributed by atoms with Gasteiger partial charge in [-0.05, 0) is 24.2 Å². The number of carboxylic acid groups (broad SMARTS) is 1. The van der Waals surface area contributed by atoms with Gasteiger partial charge in [0.15, 0.2) is 0 Å². The molecule has 1 unspecified atom stereocenters. The first kappa shape index (κ1) is 14.1. The van der Waals surface area contributed by atoms with Crippen LogP contribution in [-0.4, -0.2) is 34.0 Å². The number of carbonyl (C=O) groups is 1. The lowest BCUT2D eigenvalue weighted by atomic mass is 10.1. The van der Waals surface area contributed by atoms with Crippen molar-refractivity contribution in [2.24, 2.45) is 5.92 Å². The summed E-state index contributed by atoms with van der Waals surface area (Å²) >= 11 is 0. The molecule has 1 rings (SSSR count). The van der Waals surface area contributed by atoms with Crippen LogP contribution >= 0.6 is 0 Å². The smallest absolute Gasteiger partial charge is 0.307 e. The molecule has 0 amide bonds. The summed E-state index contributed by atoms with van der Waals surface area (Å²) in [4.78, 5) is 16.8. The molecule has 1 aromatic heterocycles. The van der Waals surface area contributed by atoms with Gasteiger partial charge in [0.05, 0.1) is 5.92 Å². The quantitative estimate of drug-likeness (QED) is 0.824. The maximum absolute atomic E-state index is 10.8. The van der Waals surface area contributed by atoms with E-state index in [1.807, 2.05) is 24.0 Å². The highest BCUT2D eigenvalue weighted by Crippen LogP contribution is 2.08. The van der Waals surface area contributed by atoms with Crippen molar-refractivity contribution in [3.63, 3.8) is 0 Å². The minimum Gasteiger partial charge on any atom is -0.481 e. The summed E-state index contributed by atoms with van der Waals surface area (Å²) in [5.74, 6) is -1.19. The molecule has 0 aliphatic rings. The monoisotopic (exact) mass is 247 g/mol. The van der Waals surface area contributed by atoms with E-state index in [0.717, 1.165) is 12.1 Å². The fourth-order valence-corrected chi connectivity index (χ4v) is 1.66. The Kier molecular flexibility index (Phi) is 5.28. The number of nitrogens with zero attached hydrogens (tertiary/aromatic N) is 3. The highest BCUT2D eigenvalue weighted by Gasteiger charge is 2.15. The van der Waals surface area contributed by atoms with E-state index in [0.29, 0.717) is 18.8 Å². The summed E-state index contributed by atoms with van der Waals surface area (Å²) in [5.41, 5.74) is 1.36. The third kappa shape index (κ3) is 4.15. The lowest BCUT2D eigenvalue weighted by Gasteiger charge is -2.22. The number of rotatable bonds is 6. The SMILES string of the molecule is CCN(Cc1ccnc(C#N)c1)CC(C)C(=O)O. The van der Waals surface area contributed by atoms with Crippen LogP contribution in [0.3, 0.4) is 0 Å². The predicted octanol–water partition coefficient (Wildman–Crippen LogP) is 1.50. The second-order valence-corrected chi connectivity index (χ2v) is 4.23. The van der Waals surface area contributed by atoms with Gasteiger partial charge in [-0.25, -0.2) is 4.98 Å². The number of hydrogen-bond acceptors (Lipinski definition) is 4. The molecule has 1 atom stereocenters. The summed E-state index contributed by atoms with van der Waals surface area (Å²) in [7, 11) is 0. The van der Waals surface area contributed by atoms with Gasteiger partial charge >= 0.3 is 5.97 Å². The van der Waals surface area contributed by atoms with Gasteiger partial charge in [0.25, 0.3) is 0 Å². The molecule has 0 bridgehead atoms. The van der Waals surface area contributed by atoms with Crippen LogP contribution in [0.1, 0.15) is 25.1 Å². The molecule has 0 saturated heterocycles. The van der Waals surface area contributed by atoms with E-state index in [1.54, 1.807) is 19.2 Å². The first-order chi connectivity index (χ1) is 8.56. The number of aromatic nitrogens is 1. The van der Waals surface area contributed by atoms with Crippen LogP contribution in [-0.2, 0) is 11.3 Å². The number of nitriles is 1. The standard InChI is InChI=1S/C13H17N3O2/c1-3-16(8-10(2)13(17)18)9-11-4-5-15-12(6-11)7-14/h4-6,10H,3,8-9H2,1-2H3,(H,17,18). The zero-order valence-corrected chi connectivity index (χ0v) is 10.6. The Balaban J connectivity index is 2.68. The van der Waals surface area contributed by atoms with Crippen LogP contribution < -0.4 is 0 Å². The van der Waals surface area contributed by atoms with Crippen molar-refractivity contribution >= 4 is 5.97 Å². The molecule has 0 aromatic carbocycles. The maximum atomic E-state index is 10.8. The van der Waals surface area contributed by atoms with Gasteiger partial charge in [-0.15, -0.1) is 0 Å². The fourth-order valence-electron chi connectivity index (χ4n) is 1.66. The summed E-state index contributed by atoms with van der Waals surface area (Å²) in [6.07, 6.45) is 1.60. The van der Waals surface area contributed by atoms with Crippen molar-refractivity contribution in [2.75, 3.05) is 13.1 Å². The third-order valence-electron chi connectivity index (χ3n) is 2.75. The molecule has 1 aromatic rings. The van der Waals surface area contributed by atoms with Crippen LogP contribution in [0.2, 0.25) is 0 Å². The van der Waals surface area contributed by atoms with E-state index in [4.69, 9.17) is 10.4 Å². The lowest BCUT2D eigenvalue weighted by molar-refractivity contribution is -0.141. The second-order valence-electron chi connectivity index (χ2n) is 4.23. The molecular weight excluding hydrogens is 230 g/mol. The average molecular weight is 247 g/mol. The zero-order valence-electron chi connectivity index (χ0n) is 10.6. The van der Waals surface area contributed by atoms with E-state index in [9.17, 15) is 4.79 Å². The van der Waals surface area contributed by atoms with Crippen molar-refractivity contribution in [3.8, 4) is 6.07 Å². The molecule has 96 valence electrons. The Morgan fingerprint density at radius 2 is 2.39 bits per heavy atom. The summed E-state index contributed by atoms with van der Waals surface area (Å²) in [5, 5.41) is 17.7. The molecule has 0 aliphatic carbocycles. The third-order valence-corrected chi connectivity index (χ3v) is 2.75. The Bertz CT molecular complexity index is 454. The van der Waals surface area contributed by atoms with Crippen molar-refractivity contribution < 1.29 is 9.90 Å². The summed E-state index contributed by atoms with van der Waals surface area (Å²) < 4.78 is 0. The predicted molar refractivity (Wildman–Crippen MR) is 66.7 cm³/mol. The molecule has 5 nitrogen and oxygen atoms in total. The molecule has 5 heteroatoms. The number of carboxylic acids is 1. The Morgan fingerprint density at radius 3 is 2.94 bits per heavy atom. The van der Waals surface area contributed by atoms with Crippen LogP contribution in [0, 0.1) is 17.2 Å². The minimum absolute atomic E-state index is 0.384. The van der Waals surface area contributed by atoms with E-state index in [1.165, 1.54) is 0 Å². The molecule has 0 aliphatic heterocycles. The van der Waals surface area contributed by atoms with Gasteiger partial charge in [0, 0.05) is 19.3 Å². The molecule has 18 heavy (non-hydrogen) atoms. The van der Waals surface area contributed by atoms with Gasteiger partial charge in [0.1, 0.15) is 11.8 Å². The number of aliphatic carboxylic acids is 1. The Hall–Kier alpha value is -1.93. The highest BCUT2D eigenvalue weighted by atomic mass is 16.4. The molecule has 1 heterocycles. The Labute approximate surface area is 107 Å². The van der Waals surface area contributed by atoms with E-state index in [2.05, 4.69) is 4.98 Å². The average Bonchev–Trinajstić information content (AvgIpc) is 2.37. The zero-order chi connectivity index (χ0) is 13.5. The summed E-state index contributed by atoms with van der Waals surface area (Å²) in [6, 6.07) is 5.57. The molecule has 0 spiro atoms. The molecular formula is C13H17N3O2. The van der Waals surface area contributed by atoms with Crippen molar-refractivity contribution in [2.45, 2.75) is 20.4 Å². The Morgan fingerprint density at radius 1 is 1.67 bits per heavy atom. The van der Waals surface area contributed by atoms with Crippen molar-refractivity contribution in [3.05, 3.63) is 29.6 Å². The van der Waals surface area contributed by atoms with E-state index < -0.39 is 11.9 Å². The van der Waals surface area contributed by atoms with Crippen LogP contribution in [0.15, 0.2) is 18.3 Å². The number of pyridine rings is 1. The van der Waals surface area contributed by atoms with Crippen molar-refractivity contribution in [1.29, 1.82) is 5.26 Å². The van der Waals surface area contributed by atoms with Gasteiger partial charge in [0.2, 0.25) is 0 Å². The topological polar surface area (TPSA) is 77.2 Å². The first-order valence-electron chi connectivity index (χ1n) is 5.87. The van der Waals surface area contributed by atoms with Crippen LogP contribution in [0.5, 0.6) is 0 Å². The maximum Gasteiger partial charge on any atom is 0.307 e. The second kappa shape index (κ2) is 6.72. The van der Waals surface area contributed by atoms with Gasteiger partial charge in [-0.2, -0.15) is 5.26 Å². The molecule has 1 N–H and O–H groups in total. The normalized spacial score (nSPS) is 12.1. The van der Waals surface area contributed by atoms with Gasteiger partial charge in [-0.1, -0.05) is 13.8 Å². The minimum atomic E-state index is -0.791. The van der Waals surface area contributed by atoms with E-state index >= 15 is 0 Å². The largest absolute Gasteiger partial charge is 0.481 e. The lowest BCUT2D eigenvalue weighted by Crippen LogP contribution is -2.31. The fraction of sp³-hybridized carbons (Fsp3) is 0.462. The van der Waals surface area contributed by atoms with Gasteiger partial charge in [-0.3, -0.25) is 9.69 Å². The number of hydrogen-bond donors (Lipinski definition) is 1. The molecule has 0 saturated carbocycles. The summed E-state index contributed by atoms with van der Waals surface area (Å²) in [6.45, 7) is 5.57. The van der Waals surface area contributed by atoms with Crippen LogP contribution in [0.25, 0.3) is 0 Å². The highest BCUT2D eigenvalue weighted by molar-refractivity contribution is 5.69. The van der Waals surface area contributed by atoms with E-state index in [-0.39, 0.29) is 0 Å². The van der Waals surface area contributed by atoms with Crippen molar-refractivity contribution in [1.82, 2.24) is 9.88 Å². The van der Waals surface area contributed by atoms with Gasteiger partial charge < -0.3 is 5.11 Å². The molecule has 0 fully saturated rings. The first-order valence-corrected chi connectivity index (χ1v) is 5.87.